The molecule has 4 nitrogen and oxygen atoms in total. The van der Waals surface area contributed by atoms with Crippen LogP contribution in [0.25, 0.3) is 0 Å². The monoisotopic (exact) mass is 215 g/mol. The quantitative estimate of drug-likeness (QED) is 0.624. The highest BCUT2D eigenvalue weighted by atomic mass is 16.3. The molecule has 15 heavy (non-hydrogen) atoms. The minimum Gasteiger partial charge on any atom is -0.395 e. The maximum Gasteiger partial charge on any atom is 0.0597 e. The molecule has 0 radical (unpaired) electrons. The lowest BCUT2D eigenvalue weighted by molar-refractivity contribution is 0.191. The van der Waals surface area contributed by atoms with Gasteiger partial charge in [0.05, 0.1) is 6.61 Å². The van der Waals surface area contributed by atoms with Crippen LogP contribution in [0, 0.1) is 5.92 Å². The summed E-state index contributed by atoms with van der Waals surface area (Å²) in [4.78, 5) is 4.71. The van der Waals surface area contributed by atoms with E-state index in [-0.39, 0.29) is 12.6 Å². The summed E-state index contributed by atoms with van der Waals surface area (Å²) >= 11 is 0. The number of likely N-dealkylation sites (N-methyl/N-ethyl adjacent to an activating group) is 2. The van der Waals surface area contributed by atoms with Gasteiger partial charge in [0.25, 0.3) is 0 Å². The Bertz CT molecular complexity index is 173. The molecule has 0 aromatic rings. The molecule has 1 saturated heterocycles. The second-order valence-electron chi connectivity index (χ2n) is 4.81. The summed E-state index contributed by atoms with van der Waals surface area (Å²) in [5.74, 6) is 0.802. The summed E-state index contributed by atoms with van der Waals surface area (Å²) in [6.07, 6.45) is 1.31. The van der Waals surface area contributed by atoms with E-state index < -0.39 is 0 Å². The molecule has 2 unspecified atom stereocenters. The Morgan fingerprint density at radius 1 is 1.60 bits per heavy atom. The SMILES string of the molecule is CNC(CO)CN(C)CC1CCN(C)C1. The van der Waals surface area contributed by atoms with Gasteiger partial charge in [-0.3, -0.25) is 0 Å². The Morgan fingerprint density at radius 3 is 2.80 bits per heavy atom. The van der Waals surface area contributed by atoms with E-state index in [0.29, 0.717) is 0 Å². The maximum atomic E-state index is 9.08. The van der Waals surface area contributed by atoms with Crippen LogP contribution < -0.4 is 5.32 Å². The van der Waals surface area contributed by atoms with Crippen LogP contribution in [0.2, 0.25) is 0 Å². The molecule has 0 aliphatic carbocycles. The molecule has 0 spiro atoms. The molecule has 1 aliphatic heterocycles. The third-order valence-electron chi connectivity index (χ3n) is 3.22. The lowest BCUT2D eigenvalue weighted by Crippen LogP contribution is -2.41. The number of hydrogen-bond acceptors (Lipinski definition) is 4. The smallest absolute Gasteiger partial charge is 0.0597 e. The molecular weight excluding hydrogens is 190 g/mol. The molecule has 1 heterocycles. The first-order chi connectivity index (χ1) is 7.15. The van der Waals surface area contributed by atoms with Crippen LogP contribution in [-0.2, 0) is 0 Å². The predicted octanol–water partition coefficient (Wildman–Crippen LogP) is -0.550. The molecule has 0 aromatic carbocycles. The molecule has 0 aromatic heterocycles. The minimum absolute atomic E-state index is 0.203. The molecule has 2 atom stereocenters. The average molecular weight is 215 g/mol. The van der Waals surface area contributed by atoms with E-state index in [0.717, 1.165) is 19.0 Å². The van der Waals surface area contributed by atoms with Crippen LogP contribution in [0.1, 0.15) is 6.42 Å². The number of nitrogens with zero attached hydrogens (tertiary/aromatic N) is 2. The van der Waals surface area contributed by atoms with Crippen molar-refractivity contribution >= 4 is 0 Å². The van der Waals surface area contributed by atoms with Gasteiger partial charge >= 0.3 is 0 Å². The fourth-order valence-corrected chi connectivity index (χ4v) is 2.31. The van der Waals surface area contributed by atoms with Gasteiger partial charge in [-0.15, -0.1) is 0 Å². The van der Waals surface area contributed by atoms with Crippen LogP contribution in [0.3, 0.4) is 0 Å². The van der Waals surface area contributed by atoms with Crippen LogP contribution in [-0.4, -0.2) is 74.9 Å². The summed E-state index contributed by atoms with van der Waals surface area (Å²) in [6, 6.07) is 0.203. The van der Waals surface area contributed by atoms with Crippen molar-refractivity contribution in [2.24, 2.45) is 5.92 Å². The molecule has 0 bridgehead atoms. The van der Waals surface area contributed by atoms with Gasteiger partial charge < -0.3 is 20.2 Å². The van der Waals surface area contributed by atoms with Gasteiger partial charge in [0.15, 0.2) is 0 Å². The highest BCUT2D eigenvalue weighted by Crippen LogP contribution is 2.14. The zero-order chi connectivity index (χ0) is 11.3. The van der Waals surface area contributed by atoms with Crippen molar-refractivity contribution in [3.05, 3.63) is 0 Å². The zero-order valence-corrected chi connectivity index (χ0v) is 10.2. The lowest BCUT2D eigenvalue weighted by Gasteiger charge is -2.24. The first-order valence-corrected chi connectivity index (χ1v) is 5.81. The van der Waals surface area contributed by atoms with Crippen molar-refractivity contribution < 1.29 is 5.11 Å². The van der Waals surface area contributed by atoms with Crippen molar-refractivity contribution in [1.82, 2.24) is 15.1 Å². The predicted molar refractivity (Wildman–Crippen MR) is 63.0 cm³/mol. The van der Waals surface area contributed by atoms with Crippen molar-refractivity contribution in [1.29, 1.82) is 0 Å². The van der Waals surface area contributed by atoms with Crippen molar-refractivity contribution in [3.63, 3.8) is 0 Å². The third kappa shape index (κ3) is 4.47. The van der Waals surface area contributed by atoms with E-state index in [2.05, 4.69) is 29.2 Å². The average Bonchev–Trinajstić information content (AvgIpc) is 2.60. The topological polar surface area (TPSA) is 38.7 Å². The third-order valence-corrected chi connectivity index (χ3v) is 3.22. The van der Waals surface area contributed by atoms with Crippen molar-refractivity contribution in [3.8, 4) is 0 Å². The van der Waals surface area contributed by atoms with Gasteiger partial charge in [0.2, 0.25) is 0 Å². The van der Waals surface area contributed by atoms with Crippen LogP contribution in [0.4, 0.5) is 0 Å². The van der Waals surface area contributed by atoms with Gasteiger partial charge in [-0.1, -0.05) is 0 Å². The molecule has 1 aliphatic rings. The van der Waals surface area contributed by atoms with Gasteiger partial charge in [0.1, 0.15) is 0 Å². The van der Waals surface area contributed by atoms with E-state index in [4.69, 9.17) is 5.11 Å². The Morgan fingerprint density at radius 2 is 2.33 bits per heavy atom. The fraction of sp³-hybridized carbons (Fsp3) is 1.00. The molecule has 0 amide bonds. The largest absolute Gasteiger partial charge is 0.395 e. The number of nitrogens with one attached hydrogen (secondary N) is 1. The maximum absolute atomic E-state index is 9.08. The van der Waals surface area contributed by atoms with Crippen molar-refractivity contribution in [2.45, 2.75) is 12.5 Å². The molecule has 1 rings (SSSR count). The Balaban J connectivity index is 2.20. The van der Waals surface area contributed by atoms with E-state index in [9.17, 15) is 0 Å². The van der Waals surface area contributed by atoms with Gasteiger partial charge in [-0.25, -0.2) is 0 Å². The van der Waals surface area contributed by atoms with Gasteiger partial charge in [-0.05, 0) is 40.0 Å². The Labute approximate surface area is 93.2 Å². The fourth-order valence-electron chi connectivity index (χ4n) is 2.31. The van der Waals surface area contributed by atoms with E-state index >= 15 is 0 Å². The summed E-state index contributed by atoms with van der Waals surface area (Å²) in [6.45, 7) is 4.72. The van der Waals surface area contributed by atoms with Gasteiger partial charge in [0, 0.05) is 25.7 Å². The summed E-state index contributed by atoms with van der Waals surface area (Å²) in [5.41, 5.74) is 0. The summed E-state index contributed by atoms with van der Waals surface area (Å²) in [5, 5.41) is 12.2. The highest BCUT2D eigenvalue weighted by molar-refractivity contribution is 4.77. The molecule has 4 heteroatoms. The molecule has 1 fully saturated rings. The Hall–Kier alpha value is -0.160. The number of aliphatic hydroxyl groups excluding tert-OH is 1. The molecular formula is C11H25N3O. The van der Waals surface area contributed by atoms with Crippen molar-refractivity contribution in [2.75, 3.05) is 53.9 Å². The van der Waals surface area contributed by atoms with E-state index in [1.165, 1.54) is 19.5 Å². The molecule has 0 saturated carbocycles. The molecule has 90 valence electrons. The normalized spacial score (nSPS) is 25.0. The lowest BCUT2D eigenvalue weighted by atomic mass is 10.1. The summed E-state index contributed by atoms with van der Waals surface area (Å²) in [7, 11) is 6.22. The van der Waals surface area contributed by atoms with Crippen LogP contribution >= 0.6 is 0 Å². The summed E-state index contributed by atoms with van der Waals surface area (Å²) < 4.78 is 0. The van der Waals surface area contributed by atoms with Crippen LogP contribution in [0.5, 0.6) is 0 Å². The molecule has 2 N–H and O–H groups in total. The second kappa shape index (κ2) is 6.43. The number of rotatable bonds is 6. The first kappa shape index (κ1) is 12.9. The first-order valence-electron chi connectivity index (χ1n) is 5.81. The van der Waals surface area contributed by atoms with E-state index in [1.807, 2.05) is 7.05 Å². The van der Waals surface area contributed by atoms with Crippen LogP contribution in [0.15, 0.2) is 0 Å². The Kier molecular flexibility index (Phi) is 5.53. The zero-order valence-electron chi connectivity index (χ0n) is 10.2. The number of aliphatic hydroxyl groups is 1. The number of likely N-dealkylation sites (tertiary alicyclic amines) is 1. The number of hydrogen-bond donors (Lipinski definition) is 2. The second-order valence-corrected chi connectivity index (χ2v) is 4.81. The highest BCUT2D eigenvalue weighted by Gasteiger charge is 2.21. The van der Waals surface area contributed by atoms with E-state index in [1.54, 1.807) is 0 Å². The van der Waals surface area contributed by atoms with Gasteiger partial charge in [-0.2, -0.15) is 0 Å². The standard InChI is InChI=1S/C11H25N3O/c1-12-11(9-15)8-14(3)7-10-4-5-13(2)6-10/h10-12,15H,4-9H2,1-3H3. The minimum atomic E-state index is 0.203.